The summed E-state index contributed by atoms with van der Waals surface area (Å²) >= 11 is 0. The lowest BCUT2D eigenvalue weighted by molar-refractivity contribution is -0.0251. The first-order valence-corrected chi connectivity index (χ1v) is 7.15. The second-order valence-electron chi connectivity index (χ2n) is 6.21. The second kappa shape index (κ2) is 5.68. The number of aliphatic hydroxyl groups is 1. The molecular formula is C14H27NO2. The highest BCUT2D eigenvalue weighted by molar-refractivity contribution is 4.88. The van der Waals surface area contributed by atoms with Crippen molar-refractivity contribution in [1.29, 1.82) is 0 Å². The first kappa shape index (κ1) is 13.3. The predicted molar refractivity (Wildman–Crippen MR) is 69.0 cm³/mol. The van der Waals surface area contributed by atoms with Crippen molar-refractivity contribution >= 4 is 0 Å². The van der Waals surface area contributed by atoms with Crippen LogP contribution < -0.4 is 5.32 Å². The number of nitrogens with one attached hydrogen (secondary N) is 1. The molecule has 1 saturated heterocycles. The first-order chi connectivity index (χ1) is 8.07. The normalized spacial score (nSPS) is 43.6. The Morgan fingerprint density at radius 3 is 2.88 bits per heavy atom. The summed E-state index contributed by atoms with van der Waals surface area (Å²) in [5.41, 5.74) is -0.459. The highest BCUT2D eigenvalue weighted by Crippen LogP contribution is 2.31. The molecule has 3 nitrogen and oxygen atoms in total. The Bertz CT molecular complexity index is 246. The van der Waals surface area contributed by atoms with E-state index in [2.05, 4.69) is 19.2 Å². The third-order valence-electron chi connectivity index (χ3n) is 4.27. The lowest BCUT2D eigenvalue weighted by Gasteiger charge is -2.38. The summed E-state index contributed by atoms with van der Waals surface area (Å²) in [6.45, 7) is 5.99. The molecule has 0 aromatic rings. The molecule has 17 heavy (non-hydrogen) atoms. The van der Waals surface area contributed by atoms with E-state index in [1.165, 1.54) is 12.8 Å². The van der Waals surface area contributed by atoms with E-state index in [0.29, 0.717) is 18.1 Å². The van der Waals surface area contributed by atoms with Gasteiger partial charge in [-0.1, -0.05) is 19.8 Å². The van der Waals surface area contributed by atoms with Crippen LogP contribution in [0.1, 0.15) is 52.4 Å². The SMILES string of the molecule is CC1CCCC(O)(CNC2CCOC(C)C2)C1. The van der Waals surface area contributed by atoms with E-state index in [9.17, 15) is 5.11 Å². The molecule has 1 heterocycles. The number of ether oxygens (including phenoxy) is 1. The van der Waals surface area contributed by atoms with Crippen LogP contribution in [0.15, 0.2) is 0 Å². The zero-order valence-corrected chi connectivity index (χ0v) is 11.2. The van der Waals surface area contributed by atoms with Crippen molar-refractivity contribution in [3.8, 4) is 0 Å². The Hall–Kier alpha value is -0.120. The smallest absolute Gasteiger partial charge is 0.0774 e. The van der Waals surface area contributed by atoms with Crippen molar-refractivity contribution in [3.05, 3.63) is 0 Å². The molecule has 0 bridgehead atoms. The summed E-state index contributed by atoms with van der Waals surface area (Å²) in [6.07, 6.45) is 6.88. The average Bonchev–Trinajstić information content (AvgIpc) is 2.26. The molecule has 0 amide bonds. The van der Waals surface area contributed by atoms with E-state index in [4.69, 9.17) is 4.74 Å². The monoisotopic (exact) mass is 241 g/mol. The standard InChI is InChI=1S/C14H27NO2/c1-11-4-3-6-14(16,9-11)10-15-13-5-7-17-12(2)8-13/h11-13,15-16H,3-10H2,1-2H3. The van der Waals surface area contributed by atoms with Crippen molar-refractivity contribution in [1.82, 2.24) is 5.32 Å². The molecule has 0 aromatic heterocycles. The van der Waals surface area contributed by atoms with Crippen LogP contribution in [0.5, 0.6) is 0 Å². The number of hydrogen-bond donors (Lipinski definition) is 2. The van der Waals surface area contributed by atoms with Crippen molar-refractivity contribution in [2.24, 2.45) is 5.92 Å². The van der Waals surface area contributed by atoms with Gasteiger partial charge in [-0.2, -0.15) is 0 Å². The first-order valence-electron chi connectivity index (χ1n) is 7.15. The summed E-state index contributed by atoms with van der Waals surface area (Å²) in [5, 5.41) is 14.1. The topological polar surface area (TPSA) is 41.5 Å². The molecule has 2 aliphatic rings. The van der Waals surface area contributed by atoms with Gasteiger partial charge in [-0.15, -0.1) is 0 Å². The number of rotatable bonds is 3. The zero-order chi connectivity index (χ0) is 12.3. The number of hydrogen-bond acceptors (Lipinski definition) is 3. The van der Waals surface area contributed by atoms with Crippen molar-refractivity contribution in [2.45, 2.75) is 70.1 Å². The van der Waals surface area contributed by atoms with Crippen molar-refractivity contribution in [3.63, 3.8) is 0 Å². The fourth-order valence-corrected chi connectivity index (χ4v) is 3.31. The maximum Gasteiger partial charge on any atom is 0.0774 e. The Balaban J connectivity index is 1.76. The van der Waals surface area contributed by atoms with Crippen LogP contribution in [-0.4, -0.2) is 36.0 Å². The van der Waals surface area contributed by atoms with E-state index in [1.54, 1.807) is 0 Å². The van der Waals surface area contributed by atoms with Crippen LogP contribution in [0, 0.1) is 5.92 Å². The average molecular weight is 241 g/mol. The Morgan fingerprint density at radius 2 is 2.18 bits per heavy atom. The fraction of sp³-hybridized carbons (Fsp3) is 1.00. The third-order valence-corrected chi connectivity index (χ3v) is 4.27. The van der Waals surface area contributed by atoms with E-state index in [-0.39, 0.29) is 0 Å². The van der Waals surface area contributed by atoms with Gasteiger partial charge < -0.3 is 15.2 Å². The molecule has 0 spiro atoms. The van der Waals surface area contributed by atoms with E-state index < -0.39 is 5.60 Å². The molecule has 0 radical (unpaired) electrons. The van der Waals surface area contributed by atoms with Crippen LogP contribution in [0.2, 0.25) is 0 Å². The van der Waals surface area contributed by atoms with Gasteiger partial charge in [-0.25, -0.2) is 0 Å². The minimum Gasteiger partial charge on any atom is -0.389 e. The lowest BCUT2D eigenvalue weighted by Crippen LogP contribution is -2.49. The molecule has 3 heteroatoms. The molecule has 4 unspecified atom stereocenters. The maximum atomic E-state index is 10.5. The van der Waals surface area contributed by atoms with Gasteiger partial charge in [0.2, 0.25) is 0 Å². The maximum absolute atomic E-state index is 10.5. The van der Waals surface area contributed by atoms with Crippen LogP contribution in [0.4, 0.5) is 0 Å². The summed E-state index contributed by atoms with van der Waals surface area (Å²) in [7, 11) is 0. The van der Waals surface area contributed by atoms with Gasteiger partial charge in [-0.3, -0.25) is 0 Å². The van der Waals surface area contributed by atoms with Gasteiger partial charge in [0.15, 0.2) is 0 Å². The van der Waals surface area contributed by atoms with Gasteiger partial charge in [-0.05, 0) is 38.5 Å². The lowest BCUT2D eigenvalue weighted by atomic mass is 9.79. The highest BCUT2D eigenvalue weighted by atomic mass is 16.5. The molecule has 100 valence electrons. The van der Waals surface area contributed by atoms with E-state index in [0.717, 1.165) is 38.8 Å². The summed E-state index contributed by atoms with van der Waals surface area (Å²) < 4.78 is 5.54. The van der Waals surface area contributed by atoms with E-state index >= 15 is 0 Å². The Morgan fingerprint density at radius 1 is 1.35 bits per heavy atom. The summed E-state index contributed by atoms with van der Waals surface area (Å²) in [4.78, 5) is 0. The molecule has 1 aliphatic carbocycles. The molecule has 0 aromatic carbocycles. The second-order valence-corrected chi connectivity index (χ2v) is 6.21. The fourth-order valence-electron chi connectivity index (χ4n) is 3.31. The van der Waals surface area contributed by atoms with Gasteiger partial charge in [0, 0.05) is 19.2 Å². The molecule has 2 rings (SSSR count). The molecular weight excluding hydrogens is 214 g/mol. The van der Waals surface area contributed by atoms with E-state index in [1.807, 2.05) is 0 Å². The summed E-state index contributed by atoms with van der Waals surface area (Å²) in [6, 6.07) is 0.528. The zero-order valence-electron chi connectivity index (χ0n) is 11.2. The van der Waals surface area contributed by atoms with Crippen LogP contribution >= 0.6 is 0 Å². The molecule has 1 aliphatic heterocycles. The highest BCUT2D eigenvalue weighted by Gasteiger charge is 2.33. The quantitative estimate of drug-likeness (QED) is 0.795. The molecule has 2 fully saturated rings. The minimum absolute atomic E-state index is 0.362. The van der Waals surface area contributed by atoms with Gasteiger partial charge in [0.05, 0.1) is 11.7 Å². The van der Waals surface area contributed by atoms with Gasteiger partial charge >= 0.3 is 0 Å². The van der Waals surface area contributed by atoms with Crippen LogP contribution in [0.25, 0.3) is 0 Å². The molecule has 2 N–H and O–H groups in total. The van der Waals surface area contributed by atoms with Crippen molar-refractivity contribution < 1.29 is 9.84 Å². The Kier molecular flexibility index (Phi) is 4.45. The molecule has 4 atom stereocenters. The van der Waals surface area contributed by atoms with Gasteiger partial charge in [0.25, 0.3) is 0 Å². The molecule has 1 saturated carbocycles. The predicted octanol–water partition coefficient (Wildman–Crippen LogP) is 2.08. The van der Waals surface area contributed by atoms with Crippen LogP contribution in [-0.2, 0) is 4.74 Å². The minimum atomic E-state index is -0.459. The van der Waals surface area contributed by atoms with Gasteiger partial charge in [0.1, 0.15) is 0 Å². The summed E-state index contributed by atoms with van der Waals surface area (Å²) in [5.74, 6) is 0.671. The Labute approximate surface area is 105 Å². The van der Waals surface area contributed by atoms with Crippen molar-refractivity contribution in [2.75, 3.05) is 13.2 Å². The van der Waals surface area contributed by atoms with Crippen LogP contribution in [0.3, 0.4) is 0 Å². The largest absolute Gasteiger partial charge is 0.389 e. The third kappa shape index (κ3) is 3.94.